The van der Waals surface area contributed by atoms with Crippen LogP contribution >= 0.6 is 0 Å². The summed E-state index contributed by atoms with van der Waals surface area (Å²) < 4.78 is 5.35. The highest BCUT2D eigenvalue weighted by Gasteiger charge is 2.34. The lowest BCUT2D eigenvalue weighted by atomic mass is 10.1. The second-order valence-corrected chi connectivity index (χ2v) is 7.76. The Labute approximate surface area is 166 Å². The van der Waals surface area contributed by atoms with Crippen molar-refractivity contribution in [3.63, 3.8) is 0 Å². The van der Waals surface area contributed by atoms with Crippen molar-refractivity contribution in [2.45, 2.75) is 38.8 Å². The molecule has 1 aliphatic rings. The molecule has 0 bridgehead atoms. The summed E-state index contributed by atoms with van der Waals surface area (Å²) in [4.78, 5) is 29.6. The normalized spacial score (nSPS) is 14.9. The molecule has 154 valence electrons. The average molecular weight is 390 g/mol. The van der Waals surface area contributed by atoms with Gasteiger partial charge in [0.15, 0.2) is 5.96 Å². The Balaban J connectivity index is 1.73. The molecule has 0 aliphatic carbocycles. The number of ether oxygens (including phenoxy) is 1. The lowest BCUT2D eigenvalue weighted by Crippen LogP contribution is -2.63. The first-order chi connectivity index (χ1) is 13.2. The van der Waals surface area contributed by atoms with Gasteiger partial charge in [-0.15, -0.1) is 0 Å². The number of nitrogens with one attached hydrogen (secondary N) is 3. The van der Waals surface area contributed by atoms with Crippen molar-refractivity contribution in [2.75, 3.05) is 33.7 Å². The van der Waals surface area contributed by atoms with Crippen LogP contribution in [-0.4, -0.2) is 68.2 Å². The second kappa shape index (κ2) is 9.43. The Morgan fingerprint density at radius 2 is 2.00 bits per heavy atom. The third-order valence-corrected chi connectivity index (χ3v) is 4.22. The highest BCUT2D eigenvalue weighted by Crippen LogP contribution is 2.15. The van der Waals surface area contributed by atoms with Gasteiger partial charge in [-0.2, -0.15) is 0 Å². The first kappa shape index (κ1) is 21.5. The van der Waals surface area contributed by atoms with Gasteiger partial charge in [0.05, 0.1) is 6.04 Å². The molecule has 3 N–H and O–H groups in total. The molecule has 28 heavy (non-hydrogen) atoms. The van der Waals surface area contributed by atoms with E-state index in [1.807, 2.05) is 39.0 Å². The van der Waals surface area contributed by atoms with Crippen LogP contribution in [0.4, 0.5) is 4.79 Å². The molecule has 8 heteroatoms. The number of amides is 2. The number of aliphatic imine (C=N–C) groups is 1. The average Bonchev–Trinajstić information content (AvgIpc) is 2.60. The summed E-state index contributed by atoms with van der Waals surface area (Å²) in [5.41, 5.74) is 1.24. The molecule has 1 saturated heterocycles. The van der Waals surface area contributed by atoms with Gasteiger partial charge in [0.25, 0.3) is 5.91 Å². The summed E-state index contributed by atoms with van der Waals surface area (Å²) in [6.45, 7) is 7.43. The van der Waals surface area contributed by atoms with Crippen LogP contribution in [-0.2, 0) is 11.2 Å². The summed E-state index contributed by atoms with van der Waals surface area (Å²) in [7, 11) is 3.34. The van der Waals surface area contributed by atoms with Crippen LogP contribution in [0.25, 0.3) is 0 Å². The van der Waals surface area contributed by atoms with E-state index in [1.165, 1.54) is 0 Å². The lowest BCUT2D eigenvalue weighted by molar-refractivity contribution is 0.00700. The maximum absolute atomic E-state index is 12.0. The fourth-order valence-electron chi connectivity index (χ4n) is 2.77. The first-order valence-corrected chi connectivity index (χ1v) is 9.48. The molecule has 1 aromatic carbocycles. The fraction of sp³-hybridized carbons (Fsp3) is 0.550. The number of guanidine groups is 1. The summed E-state index contributed by atoms with van der Waals surface area (Å²) >= 11 is 0. The van der Waals surface area contributed by atoms with Gasteiger partial charge in [-0.3, -0.25) is 9.79 Å². The maximum atomic E-state index is 12.0. The second-order valence-electron chi connectivity index (χ2n) is 7.76. The number of carbonyl (C=O) groups is 2. The third kappa shape index (κ3) is 6.44. The zero-order valence-electron chi connectivity index (χ0n) is 17.3. The molecule has 2 rings (SSSR count). The molecular weight excluding hydrogens is 358 g/mol. The van der Waals surface area contributed by atoms with E-state index in [4.69, 9.17) is 4.74 Å². The Morgan fingerprint density at radius 3 is 2.61 bits per heavy atom. The molecule has 0 atom stereocenters. The Bertz CT molecular complexity index is 721. The highest BCUT2D eigenvalue weighted by molar-refractivity contribution is 5.94. The van der Waals surface area contributed by atoms with E-state index in [0.717, 1.165) is 12.0 Å². The van der Waals surface area contributed by atoms with E-state index in [9.17, 15) is 9.59 Å². The summed E-state index contributed by atoms with van der Waals surface area (Å²) in [5.74, 6) is 0.600. The van der Waals surface area contributed by atoms with Gasteiger partial charge in [-0.25, -0.2) is 4.79 Å². The summed E-state index contributed by atoms with van der Waals surface area (Å²) in [6, 6.07) is 7.71. The van der Waals surface area contributed by atoms with Crippen molar-refractivity contribution in [1.82, 2.24) is 20.9 Å². The van der Waals surface area contributed by atoms with Crippen LogP contribution in [0.2, 0.25) is 0 Å². The van der Waals surface area contributed by atoms with Gasteiger partial charge in [-0.05, 0) is 44.9 Å². The van der Waals surface area contributed by atoms with Crippen LogP contribution in [0, 0.1) is 0 Å². The number of hydrogen-bond acceptors (Lipinski definition) is 4. The van der Waals surface area contributed by atoms with Crippen LogP contribution in [0.1, 0.15) is 36.7 Å². The van der Waals surface area contributed by atoms with Crippen molar-refractivity contribution < 1.29 is 14.3 Å². The van der Waals surface area contributed by atoms with E-state index in [2.05, 4.69) is 20.9 Å². The van der Waals surface area contributed by atoms with Crippen molar-refractivity contribution in [3.8, 4) is 0 Å². The third-order valence-electron chi connectivity index (χ3n) is 4.22. The SMILES string of the molecule is CN=C(NCCc1cccc(C(=O)NC)c1)NC1CN(C(=O)OC(C)(C)C)C1. The maximum Gasteiger partial charge on any atom is 0.410 e. The molecule has 1 aliphatic heterocycles. The molecule has 0 aromatic heterocycles. The van der Waals surface area contributed by atoms with Crippen molar-refractivity contribution in [3.05, 3.63) is 35.4 Å². The van der Waals surface area contributed by atoms with Gasteiger partial charge in [0.1, 0.15) is 5.60 Å². The summed E-state index contributed by atoms with van der Waals surface area (Å²) in [6.07, 6.45) is 0.477. The molecule has 1 heterocycles. The molecule has 8 nitrogen and oxygen atoms in total. The van der Waals surface area contributed by atoms with E-state index in [-0.39, 0.29) is 18.0 Å². The molecule has 0 unspecified atom stereocenters. The molecule has 0 radical (unpaired) electrons. The monoisotopic (exact) mass is 389 g/mol. The number of carbonyl (C=O) groups excluding carboxylic acids is 2. The zero-order chi connectivity index (χ0) is 20.7. The number of likely N-dealkylation sites (tertiary alicyclic amines) is 1. The van der Waals surface area contributed by atoms with Crippen molar-refractivity contribution >= 4 is 18.0 Å². The van der Waals surface area contributed by atoms with E-state index in [1.54, 1.807) is 25.1 Å². The Hall–Kier alpha value is -2.77. The molecule has 0 saturated carbocycles. The smallest absolute Gasteiger partial charge is 0.410 e. The minimum Gasteiger partial charge on any atom is -0.444 e. The van der Waals surface area contributed by atoms with Gasteiger partial charge >= 0.3 is 6.09 Å². The predicted octanol–water partition coefficient (Wildman–Crippen LogP) is 1.37. The molecule has 1 fully saturated rings. The minimum atomic E-state index is -0.484. The topological polar surface area (TPSA) is 95.1 Å². The van der Waals surface area contributed by atoms with Gasteiger partial charge < -0.3 is 25.6 Å². The molecule has 0 spiro atoms. The number of rotatable bonds is 5. The fourth-order valence-corrected chi connectivity index (χ4v) is 2.77. The van der Waals surface area contributed by atoms with Crippen LogP contribution in [0.3, 0.4) is 0 Å². The van der Waals surface area contributed by atoms with Crippen LogP contribution in [0.15, 0.2) is 29.3 Å². The predicted molar refractivity (Wildman–Crippen MR) is 110 cm³/mol. The first-order valence-electron chi connectivity index (χ1n) is 9.48. The molecule has 2 amide bonds. The number of nitrogens with zero attached hydrogens (tertiary/aromatic N) is 2. The Morgan fingerprint density at radius 1 is 1.29 bits per heavy atom. The van der Waals surface area contributed by atoms with Gasteiger partial charge in [-0.1, -0.05) is 12.1 Å². The zero-order valence-corrected chi connectivity index (χ0v) is 17.3. The van der Waals surface area contributed by atoms with Gasteiger partial charge in [0.2, 0.25) is 0 Å². The minimum absolute atomic E-state index is 0.0909. The largest absolute Gasteiger partial charge is 0.444 e. The highest BCUT2D eigenvalue weighted by atomic mass is 16.6. The van der Waals surface area contributed by atoms with Gasteiger partial charge in [0, 0.05) is 39.3 Å². The van der Waals surface area contributed by atoms with E-state index in [0.29, 0.717) is 31.2 Å². The molecule has 1 aromatic rings. The molecular formula is C20H31N5O3. The van der Waals surface area contributed by atoms with Crippen LogP contribution in [0.5, 0.6) is 0 Å². The van der Waals surface area contributed by atoms with Crippen molar-refractivity contribution in [1.29, 1.82) is 0 Å². The van der Waals surface area contributed by atoms with E-state index >= 15 is 0 Å². The quantitative estimate of drug-likeness (QED) is 0.522. The summed E-state index contributed by atoms with van der Waals surface area (Å²) in [5, 5.41) is 9.20. The Kier molecular flexibility index (Phi) is 7.25. The number of benzene rings is 1. The van der Waals surface area contributed by atoms with Crippen LogP contribution < -0.4 is 16.0 Å². The van der Waals surface area contributed by atoms with E-state index < -0.39 is 5.60 Å². The number of hydrogen-bond donors (Lipinski definition) is 3. The standard InChI is InChI=1S/C20H31N5O3/c1-20(2,3)28-19(27)25-12-16(13-25)24-18(22-5)23-10-9-14-7-6-8-15(11-14)17(26)21-4/h6-8,11,16H,9-10,12-13H2,1-5H3,(H,21,26)(H2,22,23,24). The lowest BCUT2D eigenvalue weighted by Gasteiger charge is -2.40. The van der Waals surface area contributed by atoms with Crippen molar-refractivity contribution in [2.24, 2.45) is 4.99 Å².